The van der Waals surface area contributed by atoms with E-state index in [0.717, 1.165) is 53.6 Å². The lowest BCUT2D eigenvalue weighted by Gasteiger charge is -2.47. The number of carbonyl (C=O) groups is 2. The Labute approximate surface area is 219 Å². The molecule has 2 heterocycles. The van der Waals surface area contributed by atoms with Gasteiger partial charge in [0.15, 0.2) is 11.6 Å². The fourth-order valence-corrected chi connectivity index (χ4v) is 6.66. The molecule has 196 valence electrons. The van der Waals surface area contributed by atoms with E-state index in [-0.39, 0.29) is 36.5 Å². The molecule has 0 saturated carbocycles. The van der Waals surface area contributed by atoms with Gasteiger partial charge in [0.1, 0.15) is 18.2 Å². The number of hydrogen-bond donors (Lipinski definition) is 0. The maximum atomic E-state index is 14.2. The number of nitrogens with zero attached hydrogens (tertiary/aromatic N) is 1. The Kier molecular flexibility index (Phi) is 6.46. The molecule has 2 saturated heterocycles. The minimum Gasteiger partial charge on any atom is -0.448 e. The number of ketones is 1. The van der Waals surface area contributed by atoms with Gasteiger partial charge >= 0.3 is 6.09 Å². The van der Waals surface area contributed by atoms with Crippen molar-refractivity contribution >= 4 is 11.9 Å². The second-order valence-corrected chi connectivity index (χ2v) is 10.6. The van der Waals surface area contributed by atoms with Crippen LogP contribution >= 0.6 is 0 Å². The summed E-state index contributed by atoms with van der Waals surface area (Å²) in [6.45, 7) is 0.225. The zero-order valence-corrected chi connectivity index (χ0v) is 20.8. The van der Waals surface area contributed by atoms with Crippen LogP contribution in [-0.2, 0) is 16.0 Å². The van der Waals surface area contributed by atoms with Crippen molar-refractivity contribution in [2.45, 2.75) is 56.5 Å². The summed E-state index contributed by atoms with van der Waals surface area (Å²) in [5, 5.41) is 0. The maximum absolute atomic E-state index is 14.2. The van der Waals surface area contributed by atoms with Crippen molar-refractivity contribution < 1.29 is 27.5 Å². The molecule has 7 heteroatoms. The third kappa shape index (κ3) is 4.28. The Morgan fingerprint density at radius 1 is 0.816 bits per heavy atom. The molecule has 0 N–H and O–H groups in total. The predicted molar refractivity (Wildman–Crippen MR) is 136 cm³/mol. The lowest BCUT2D eigenvalue weighted by atomic mass is 9.76. The fourth-order valence-electron chi connectivity index (χ4n) is 6.66. The van der Waals surface area contributed by atoms with Gasteiger partial charge in [0, 0.05) is 35.9 Å². The van der Waals surface area contributed by atoms with Crippen molar-refractivity contribution in [2.75, 3.05) is 6.61 Å². The molecule has 0 spiro atoms. The smallest absolute Gasteiger partial charge is 0.410 e. The number of hydrogen-bond acceptors (Lipinski definition) is 3. The zero-order chi connectivity index (χ0) is 26.4. The summed E-state index contributed by atoms with van der Waals surface area (Å²) < 4.78 is 47.8. The number of carbonyl (C=O) groups excluding carboxylic acids is 2. The van der Waals surface area contributed by atoms with Crippen LogP contribution in [-0.4, -0.2) is 35.5 Å². The second kappa shape index (κ2) is 9.93. The molecule has 0 aromatic heterocycles. The van der Waals surface area contributed by atoms with E-state index in [1.54, 1.807) is 4.90 Å². The molecule has 3 aromatic rings. The van der Waals surface area contributed by atoms with E-state index in [1.807, 2.05) is 24.3 Å². The zero-order valence-electron chi connectivity index (χ0n) is 20.8. The summed E-state index contributed by atoms with van der Waals surface area (Å²) in [4.78, 5) is 28.2. The van der Waals surface area contributed by atoms with E-state index < -0.39 is 35.4 Å². The molecule has 2 aliphatic heterocycles. The Bertz CT molecular complexity index is 1350. The first-order valence-electron chi connectivity index (χ1n) is 13.2. The van der Waals surface area contributed by atoms with Crippen LogP contribution in [0.5, 0.6) is 0 Å². The van der Waals surface area contributed by atoms with Crippen LogP contribution in [0.4, 0.5) is 18.0 Å². The van der Waals surface area contributed by atoms with Crippen LogP contribution in [0.25, 0.3) is 11.1 Å². The van der Waals surface area contributed by atoms with Crippen molar-refractivity contribution in [3.8, 4) is 11.1 Å². The molecule has 38 heavy (non-hydrogen) atoms. The SMILES string of the molecule is O=C(Cc1c(F)ccc(F)c1F)C1CC2CCCC(C1)N2C(=O)OCC1c2ccccc2-c2ccccc21. The molecule has 3 aliphatic rings. The monoisotopic (exact) mass is 519 g/mol. The number of ether oxygens (including phenoxy) is 1. The highest BCUT2D eigenvalue weighted by atomic mass is 19.2. The van der Waals surface area contributed by atoms with Crippen molar-refractivity contribution in [3.05, 3.63) is 94.8 Å². The third-order valence-corrected chi connectivity index (χ3v) is 8.47. The average Bonchev–Trinajstić information content (AvgIpc) is 3.24. The summed E-state index contributed by atoms with van der Waals surface area (Å²) in [6.07, 6.45) is 2.38. The summed E-state index contributed by atoms with van der Waals surface area (Å²) in [5.41, 5.74) is 4.07. The number of halogens is 3. The molecule has 2 atom stereocenters. The largest absolute Gasteiger partial charge is 0.448 e. The van der Waals surface area contributed by atoms with Crippen molar-refractivity contribution in [1.29, 1.82) is 0 Å². The Morgan fingerprint density at radius 3 is 2.03 bits per heavy atom. The summed E-state index contributed by atoms with van der Waals surface area (Å²) in [7, 11) is 0. The molecule has 1 aliphatic carbocycles. The minimum atomic E-state index is -1.31. The van der Waals surface area contributed by atoms with Gasteiger partial charge in [-0.15, -0.1) is 0 Å². The Balaban J connectivity index is 1.14. The lowest BCUT2D eigenvalue weighted by molar-refractivity contribution is -0.126. The first-order valence-corrected chi connectivity index (χ1v) is 13.2. The molecule has 1 amide bonds. The predicted octanol–water partition coefficient (Wildman–Crippen LogP) is 6.80. The van der Waals surface area contributed by atoms with Crippen LogP contribution in [0.2, 0.25) is 0 Å². The van der Waals surface area contributed by atoms with Crippen molar-refractivity contribution in [2.24, 2.45) is 5.92 Å². The van der Waals surface area contributed by atoms with Gasteiger partial charge < -0.3 is 9.64 Å². The summed E-state index contributed by atoms with van der Waals surface area (Å²) in [6, 6.07) is 17.5. The normalized spacial score (nSPS) is 22.1. The number of rotatable bonds is 5. The van der Waals surface area contributed by atoms with Gasteiger partial charge in [0.05, 0.1) is 0 Å². The molecule has 6 rings (SSSR count). The minimum absolute atomic E-state index is 0.0404. The highest BCUT2D eigenvalue weighted by Crippen LogP contribution is 2.45. The molecule has 2 unspecified atom stereocenters. The van der Waals surface area contributed by atoms with Gasteiger partial charge in [-0.25, -0.2) is 18.0 Å². The van der Waals surface area contributed by atoms with E-state index >= 15 is 0 Å². The molecule has 0 radical (unpaired) electrons. The standard InChI is InChI=1S/C31H28F3NO3/c32-27-12-13-28(33)30(34)25(27)16-29(36)18-14-19-6-5-7-20(15-18)35(19)31(37)38-17-26-23-10-3-1-8-21(23)22-9-2-4-11-24(22)26/h1-4,8-13,18-20,26H,5-7,14-17H2. The third-order valence-electron chi connectivity index (χ3n) is 8.47. The highest BCUT2D eigenvalue weighted by molar-refractivity contribution is 5.84. The van der Waals surface area contributed by atoms with Crippen LogP contribution in [0.3, 0.4) is 0 Å². The average molecular weight is 520 g/mol. The van der Waals surface area contributed by atoms with Crippen LogP contribution in [0.1, 0.15) is 54.7 Å². The number of piperidine rings is 2. The highest BCUT2D eigenvalue weighted by Gasteiger charge is 2.44. The molecule has 2 fully saturated rings. The number of amides is 1. The van der Waals surface area contributed by atoms with Gasteiger partial charge in [-0.3, -0.25) is 4.79 Å². The van der Waals surface area contributed by atoms with E-state index in [0.29, 0.717) is 12.8 Å². The topological polar surface area (TPSA) is 46.6 Å². The van der Waals surface area contributed by atoms with Crippen molar-refractivity contribution in [1.82, 2.24) is 4.90 Å². The van der Waals surface area contributed by atoms with E-state index in [2.05, 4.69) is 24.3 Å². The van der Waals surface area contributed by atoms with E-state index in [1.165, 1.54) is 0 Å². The van der Waals surface area contributed by atoms with E-state index in [9.17, 15) is 22.8 Å². The quantitative estimate of drug-likeness (QED) is 0.349. The first kappa shape index (κ1) is 24.7. The molecule has 3 aromatic carbocycles. The van der Waals surface area contributed by atoms with Gasteiger partial charge in [-0.1, -0.05) is 48.5 Å². The maximum Gasteiger partial charge on any atom is 0.410 e. The van der Waals surface area contributed by atoms with Crippen LogP contribution in [0, 0.1) is 23.4 Å². The fraction of sp³-hybridized carbons (Fsp3) is 0.355. The molecule has 2 bridgehead atoms. The van der Waals surface area contributed by atoms with Gasteiger partial charge in [-0.05, 0) is 66.5 Å². The molecular formula is C31H28F3NO3. The molecule has 4 nitrogen and oxygen atoms in total. The summed E-state index contributed by atoms with van der Waals surface area (Å²) in [5.74, 6) is -4.21. The lowest BCUT2D eigenvalue weighted by Crippen LogP contribution is -2.56. The number of benzene rings is 3. The van der Waals surface area contributed by atoms with E-state index in [4.69, 9.17) is 4.74 Å². The summed E-state index contributed by atoms with van der Waals surface area (Å²) >= 11 is 0. The van der Waals surface area contributed by atoms with Crippen LogP contribution < -0.4 is 0 Å². The Hall–Kier alpha value is -3.61. The number of Topliss-reactive ketones (excluding diaryl/α,β-unsaturated/α-hetero) is 1. The first-order chi connectivity index (χ1) is 18.4. The number of fused-ring (bicyclic) bond motifs is 5. The van der Waals surface area contributed by atoms with Gasteiger partial charge in [0.25, 0.3) is 0 Å². The van der Waals surface area contributed by atoms with Crippen LogP contribution in [0.15, 0.2) is 60.7 Å². The second-order valence-electron chi connectivity index (χ2n) is 10.6. The van der Waals surface area contributed by atoms with Gasteiger partial charge in [-0.2, -0.15) is 0 Å². The Morgan fingerprint density at radius 2 is 1.39 bits per heavy atom. The molecular weight excluding hydrogens is 491 g/mol. The van der Waals surface area contributed by atoms with Crippen molar-refractivity contribution in [3.63, 3.8) is 0 Å². The van der Waals surface area contributed by atoms with Gasteiger partial charge in [0.2, 0.25) is 0 Å².